The van der Waals surface area contributed by atoms with Crippen LogP contribution in [0.1, 0.15) is 52.5 Å². The summed E-state index contributed by atoms with van der Waals surface area (Å²) in [5.74, 6) is -0.851. The lowest BCUT2D eigenvalue weighted by Crippen LogP contribution is -2.48. The van der Waals surface area contributed by atoms with E-state index in [0.717, 1.165) is 18.4 Å². The van der Waals surface area contributed by atoms with Gasteiger partial charge in [0.2, 0.25) is 5.91 Å². The van der Waals surface area contributed by atoms with Crippen molar-refractivity contribution in [2.24, 2.45) is 0 Å². The lowest BCUT2D eigenvalue weighted by molar-refractivity contribution is -0.119. The van der Waals surface area contributed by atoms with Gasteiger partial charge >= 0.3 is 0 Å². The van der Waals surface area contributed by atoms with Crippen molar-refractivity contribution in [2.45, 2.75) is 33.1 Å². The maximum atomic E-state index is 12.3. The maximum absolute atomic E-state index is 12.3. The van der Waals surface area contributed by atoms with Crippen LogP contribution in [0, 0.1) is 6.92 Å². The molecule has 4 N–H and O–H groups in total. The normalized spacial score (nSPS) is 10.0. The molecule has 2 aromatic rings. The van der Waals surface area contributed by atoms with E-state index in [-0.39, 0.29) is 16.9 Å². The van der Waals surface area contributed by atoms with Gasteiger partial charge in [0.25, 0.3) is 11.8 Å². The topological polar surface area (TPSA) is 99.3 Å². The number of aryl methyl sites for hydroxylation is 1. The molecule has 152 valence electrons. The average molecular weight is 413 g/mol. The van der Waals surface area contributed by atoms with Crippen LogP contribution < -0.4 is 21.5 Å². The van der Waals surface area contributed by atoms with Gasteiger partial charge in [0.1, 0.15) is 0 Å². The quantitative estimate of drug-likeness (QED) is 0.432. The fourth-order valence-electron chi connectivity index (χ4n) is 2.44. The van der Waals surface area contributed by atoms with E-state index in [1.54, 1.807) is 36.4 Å². The highest BCUT2D eigenvalue weighted by Gasteiger charge is 2.09. The van der Waals surface area contributed by atoms with E-state index in [1.807, 2.05) is 26.0 Å². The van der Waals surface area contributed by atoms with Crippen LogP contribution in [-0.2, 0) is 4.79 Å². The van der Waals surface area contributed by atoms with Gasteiger partial charge in [-0.3, -0.25) is 25.2 Å². The van der Waals surface area contributed by atoms with Gasteiger partial charge in [-0.2, -0.15) is 0 Å². The Balaban J connectivity index is 1.84. The molecule has 7 nitrogen and oxygen atoms in total. The van der Waals surface area contributed by atoms with Crippen LogP contribution in [0.4, 0.5) is 5.69 Å². The van der Waals surface area contributed by atoms with Crippen molar-refractivity contribution in [3.8, 4) is 0 Å². The van der Waals surface area contributed by atoms with Gasteiger partial charge in [0.15, 0.2) is 5.11 Å². The molecule has 0 aliphatic heterocycles. The van der Waals surface area contributed by atoms with Crippen LogP contribution in [0.2, 0.25) is 0 Å². The third-order valence-corrected chi connectivity index (χ3v) is 4.19. The number of hydrogen-bond donors (Lipinski definition) is 4. The molecule has 0 aromatic heterocycles. The van der Waals surface area contributed by atoms with Crippen LogP contribution >= 0.6 is 12.2 Å². The summed E-state index contributed by atoms with van der Waals surface area (Å²) in [6, 6.07) is 13.7. The Hall–Kier alpha value is -3.26. The number of rotatable bonds is 6. The predicted molar refractivity (Wildman–Crippen MR) is 116 cm³/mol. The molecule has 0 unspecified atom stereocenters. The summed E-state index contributed by atoms with van der Waals surface area (Å²) in [7, 11) is 0. The zero-order chi connectivity index (χ0) is 21.2. The zero-order valence-corrected chi connectivity index (χ0v) is 17.2. The highest BCUT2D eigenvalue weighted by molar-refractivity contribution is 7.80. The largest absolute Gasteiger partial charge is 0.322 e. The number of thiocarbonyl (C=S) groups is 1. The summed E-state index contributed by atoms with van der Waals surface area (Å²) in [4.78, 5) is 36.0. The van der Waals surface area contributed by atoms with Crippen molar-refractivity contribution in [3.05, 3.63) is 65.2 Å². The van der Waals surface area contributed by atoms with Gasteiger partial charge < -0.3 is 10.6 Å². The number of benzene rings is 2. The first kappa shape index (κ1) is 22.0. The monoisotopic (exact) mass is 412 g/mol. The lowest BCUT2D eigenvalue weighted by Gasteiger charge is -2.11. The minimum atomic E-state index is -0.424. The molecule has 0 saturated heterocycles. The van der Waals surface area contributed by atoms with Gasteiger partial charge in [-0.05, 0) is 62.0 Å². The fourth-order valence-corrected chi connectivity index (χ4v) is 2.60. The molecule has 0 saturated carbocycles. The first-order valence-electron chi connectivity index (χ1n) is 9.27. The Morgan fingerprint density at radius 1 is 0.931 bits per heavy atom. The van der Waals surface area contributed by atoms with Crippen molar-refractivity contribution in [2.75, 3.05) is 5.32 Å². The van der Waals surface area contributed by atoms with Crippen LogP contribution in [0.5, 0.6) is 0 Å². The van der Waals surface area contributed by atoms with Crippen LogP contribution in [0.15, 0.2) is 48.5 Å². The number of unbranched alkanes of at least 4 members (excludes halogenated alkanes) is 1. The molecule has 8 heteroatoms. The Morgan fingerprint density at radius 3 is 2.31 bits per heavy atom. The molecule has 3 amide bonds. The van der Waals surface area contributed by atoms with E-state index < -0.39 is 5.91 Å². The molecule has 0 radical (unpaired) electrons. The molecular formula is C21H24N4O3S. The maximum Gasteiger partial charge on any atom is 0.269 e. The van der Waals surface area contributed by atoms with E-state index in [2.05, 4.69) is 21.5 Å². The van der Waals surface area contributed by atoms with Crippen molar-refractivity contribution in [1.29, 1.82) is 0 Å². The SMILES string of the molecule is CCCCC(=O)NC(=S)NNC(=O)c1ccc(NC(=O)c2cccc(C)c2)cc1. The summed E-state index contributed by atoms with van der Waals surface area (Å²) >= 11 is 4.97. The number of carbonyl (C=O) groups is 3. The number of carbonyl (C=O) groups excluding carboxylic acids is 3. The summed E-state index contributed by atoms with van der Waals surface area (Å²) < 4.78 is 0. The minimum Gasteiger partial charge on any atom is -0.322 e. The van der Waals surface area contributed by atoms with Crippen molar-refractivity contribution in [3.63, 3.8) is 0 Å². The van der Waals surface area contributed by atoms with Gasteiger partial charge in [0.05, 0.1) is 0 Å². The number of anilines is 1. The minimum absolute atomic E-state index is 0.0292. The molecule has 2 rings (SSSR count). The van der Waals surface area contributed by atoms with E-state index in [1.165, 1.54) is 0 Å². The van der Waals surface area contributed by atoms with Gasteiger partial charge in [0, 0.05) is 23.2 Å². The summed E-state index contributed by atoms with van der Waals surface area (Å²) in [5, 5.41) is 5.31. The highest BCUT2D eigenvalue weighted by Crippen LogP contribution is 2.12. The molecule has 0 heterocycles. The average Bonchev–Trinajstić information content (AvgIpc) is 2.71. The van der Waals surface area contributed by atoms with E-state index in [4.69, 9.17) is 12.2 Å². The zero-order valence-electron chi connectivity index (χ0n) is 16.4. The first-order chi connectivity index (χ1) is 13.9. The predicted octanol–water partition coefficient (Wildman–Crippen LogP) is 3.07. The van der Waals surface area contributed by atoms with Crippen molar-refractivity contribution >= 4 is 40.7 Å². The number of hydrogen-bond acceptors (Lipinski definition) is 4. The molecule has 0 aliphatic rings. The standard InChI is InChI=1S/C21H24N4O3S/c1-3-4-8-18(26)23-21(29)25-24-20(28)15-9-11-17(12-10-15)22-19(27)16-7-5-6-14(2)13-16/h5-7,9-13H,3-4,8H2,1-2H3,(H,22,27)(H,24,28)(H2,23,25,26,29). The van der Waals surface area contributed by atoms with E-state index in [0.29, 0.717) is 23.2 Å². The summed E-state index contributed by atoms with van der Waals surface area (Å²) in [5.41, 5.74) is 7.41. The number of amides is 3. The Kier molecular flexibility index (Phi) is 8.29. The second kappa shape index (κ2) is 10.9. The van der Waals surface area contributed by atoms with Gasteiger partial charge in [-0.25, -0.2) is 0 Å². The van der Waals surface area contributed by atoms with Crippen LogP contribution in [0.25, 0.3) is 0 Å². The Bertz CT molecular complexity index is 897. The van der Waals surface area contributed by atoms with Crippen LogP contribution in [0.3, 0.4) is 0 Å². The second-order valence-electron chi connectivity index (χ2n) is 6.46. The highest BCUT2D eigenvalue weighted by atomic mass is 32.1. The third kappa shape index (κ3) is 7.34. The smallest absolute Gasteiger partial charge is 0.269 e. The molecule has 0 bridgehead atoms. The number of nitrogens with one attached hydrogen (secondary N) is 4. The lowest BCUT2D eigenvalue weighted by atomic mass is 10.1. The molecule has 0 atom stereocenters. The second-order valence-corrected chi connectivity index (χ2v) is 6.87. The van der Waals surface area contributed by atoms with E-state index >= 15 is 0 Å². The van der Waals surface area contributed by atoms with Gasteiger partial charge in [-0.15, -0.1) is 0 Å². The first-order valence-corrected chi connectivity index (χ1v) is 9.68. The van der Waals surface area contributed by atoms with Crippen molar-refractivity contribution in [1.82, 2.24) is 16.2 Å². The molecule has 29 heavy (non-hydrogen) atoms. The third-order valence-electron chi connectivity index (χ3n) is 3.99. The Labute approximate surface area is 175 Å². The fraction of sp³-hybridized carbons (Fsp3) is 0.238. The summed E-state index contributed by atoms with van der Waals surface area (Å²) in [6.45, 7) is 3.91. The molecule has 0 fully saturated rings. The summed E-state index contributed by atoms with van der Waals surface area (Å²) in [6.07, 6.45) is 2.06. The Morgan fingerprint density at radius 2 is 1.66 bits per heavy atom. The molecule has 2 aromatic carbocycles. The molecule has 0 aliphatic carbocycles. The van der Waals surface area contributed by atoms with Gasteiger partial charge in [-0.1, -0.05) is 31.0 Å². The van der Waals surface area contributed by atoms with Crippen molar-refractivity contribution < 1.29 is 14.4 Å². The van der Waals surface area contributed by atoms with E-state index in [9.17, 15) is 14.4 Å². The van der Waals surface area contributed by atoms with Crippen LogP contribution in [-0.4, -0.2) is 22.8 Å². The number of hydrazine groups is 1. The molecular weight excluding hydrogens is 388 g/mol. The molecule has 0 spiro atoms.